The lowest BCUT2D eigenvalue weighted by molar-refractivity contribution is 0.139. The van der Waals surface area contributed by atoms with Gasteiger partial charge in [-0.25, -0.2) is 0 Å². The van der Waals surface area contributed by atoms with Gasteiger partial charge in [-0.05, 0) is 24.8 Å². The Hall–Kier alpha value is -0.0800. The monoisotopic (exact) mass is 213 g/mol. The first kappa shape index (κ1) is 13.0. The summed E-state index contributed by atoms with van der Waals surface area (Å²) in [6.07, 6.45) is 7.51. The molecule has 0 bridgehead atoms. The molecule has 2 nitrogen and oxygen atoms in total. The van der Waals surface area contributed by atoms with Gasteiger partial charge in [-0.3, -0.25) is 0 Å². The van der Waals surface area contributed by atoms with Gasteiger partial charge < -0.3 is 10.4 Å². The summed E-state index contributed by atoms with van der Waals surface area (Å²) in [4.78, 5) is 0. The van der Waals surface area contributed by atoms with Gasteiger partial charge in [-0.1, -0.05) is 46.0 Å². The maximum absolute atomic E-state index is 9.83. The summed E-state index contributed by atoms with van der Waals surface area (Å²) in [5.41, 5.74) is 0. The van der Waals surface area contributed by atoms with Crippen molar-refractivity contribution in [2.75, 3.05) is 13.1 Å². The van der Waals surface area contributed by atoms with Gasteiger partial charge in [-0.2, -0.15) is 0 Å². The molecule has 0 aromatic heterocycles. The average molecular weight is 213 g/mol. The van der Waals surface area contributed by atoms with Crippen LogP contribution in [0.4, 0.5) is 0 Å². The number of nitrogens with one attached hydrogen (secondary N) is 1. The van der Waals surface area contributed by atoms with Crippen LogP contribution < -0.4 is 5.32 Å². The van der Waals surface area contributed by atoms with E-state index in [1.54, 1.807) is 0 Å². The summed E-state index contributed by atoms with van der Waals surface area (Å²) >= 11 is 0. The zero-order valence-corrected chi connectivity index (χ0v) is 10.3. The van der Waals surface area contributed by atoms with Crippen molar-refractivity contribution < 1.29 is 5.11 Å². The second kappa shape index (κ2) is 7.24. The zero-order chi connectivity index (χ0) is 11.1. The van der Waals surface area contributed by atoms with Crippen LogP contribution in [0.15, 0.2) is 0 Å². The SMILES string of the molecule is CCC(C)CNCC(O)CC1CCCC1. The molecule has 0 aromatic rings. The van der Waals surface area contributed by atoms with Crippen LogP contribution in [0.2, 0.25) is 0 Å². The van der Waals surface area contributed by atoms with Crippen LogP contribution in [0.1, 0.15) is 52.4 Å². The van der Waals surface area contributed by atoms with Gasteiger partial charge in [0.2, 0.25) is 0 Å². The fourth-order valence-electron chi connectivity index (χ4n) is 2.35. The molecular formula is C13H27NO. The Morgan fingerprint density at radius 3 is 2.53 bits per heavy atom. The van der Waals surface area contributed by atoms with Crippen molar-refractivity contribution in [2.24, 2.45) is 11.8 Å². The van der Waals surface area contributed by atoms with E-state index in [4.69, 9.17) is 0 Å². The van der Waals surface area contributed by atoms with Gasteiger partial charge in [-0.15, -0.1) is 0 Å². The third kappa shape index (κ3) is 5.53. The molecule has 2 unspecified atom stereocenters. The topological polar surface area (TPSA) is 32.3 Å². The Morgan fingerprint density at radius 1 is 1.27 bits per heavy atom. The minimum Gasteiger partial charge on any atom is -0.392 e. The normalized spacial score (nSPS) is 21.8. The highest BCUT2D eigenvalue weighted by Gasteiger charge is 2.18. The molecule has 0 saturated heterocycles. The Labute approximate surface area is 94.5 Å². The number of hydrogen-bond acceptors (Lipinski definition) is 2. The molecule has 2 N–H and O–H groups in total. The molecule has 0 radical (unpaired) electrons. The summed E-state index contributed by atoms with van der Waals surface area (Å²) in [5.74, 6) is 1.52. The summed E-state index contributed by atoms with van der Waals surface area (Å²) in [6, 6.07) is 0. The van der Waals surface area contributed by atoms with E-state index in [0.717, 1.165) is 31.3 Å². The third-order valence-corrected chi connectivity index (χ3v) is 3.65. The second-order valence-electron chi connectivity index (χ2n) is 5.21. The lowest BCUT2D eigenvalue weighted by atomic mass is 10.00. The van der Waals surface area contributed by atoms with E-state index in [9.17, 15) is 5.11 Å². The second-order valence-corrected chi connectivity index (χ2v) is 5.21. The van der Waals surface area contributed by atoms with E-state index < -0.39 is 0 Å². The van der Waals surface area contributed by atoms with E-state index in [1.165, 1.54) is 32.1 Å². The van der Waals surface area contributed by atoms with Gasteiger partial charge in [0.25, 0.3) is 0 Å². The van der Waals surface area contributed by atoms with Gasteiger partial charge >= 0.3 is 0 Å². The maximum atomic E-state index is 9.83. The third-order valence-electron chi connectivity index (χ3n) is 3.65. The zero-order valence-electron chi connectivity index (χ0n) is 10.3. The molecule has 1 fully saturated rings. The average Bonchev–Trinajstić information content (AvgIpc) is 2.70. The maximum Gasteiger partial charge on any atom is 0.0667 e. The fraction of sp³-hybridized carbons (Fsp3) is 1.00. The van der Waals surface area contributed by atoms with Crippen LogP contribution in [0, 0.1) is 11.8 Å². The summed E-state index contributed by atoms with van der Waals surface area (Å²) in [5, 5.41) is 13.2. The molecule has 15 heavy (non-hydrogen) atoms. The molecule has 1 aliphatic carbocycles. The van der Waals surface area contributed by atoms with E-state index >= 15 is 0 Å². The lowest BCUT2D eigenvalue weighted by Crippen LogP contribution is -2.31. The van der Waals surface area contributed by atoms with E-state index in [1.807, 2.05) is 0 Å². The molecule has 90 valence electrons. The Bertz CT molecular complexity index is 155. The van der Waals surface area contributed by atoms with Crippen LogP contribution >= 0.6 is 0 Å². The molecule has 1 rings (SSSR count). The van der Waals surface area contributed by atoms with E-state index in [0.29, 0.717) is 0 Å². The predicted molar refractivity (Wildman–Crippen MR) is 64.9 cm³/mol. The van der Waals surface area contributed by atoms with Crippen LogP contribution in [-0.4, -0.2) is 24.3 Å². The van der Waals surface area contributed by atoms with Gasteiger partial charge in [0, 0.05) is 6.54 Å². The van der Waals surface area contributed by atoms with Crippen molar-refractivity contribution in [2.45, 2.75) is 58.5 Å². The predicted octanol–water partition coefficient (Wildman–Crippen LogP) is 2.56. The molecule has 1 aliphatic rings. The smallest absolute Gasteiger partial charge is 0.0667 e. The van der Waals surface area contributed by atoms with Gasteiger partial charge in [0.15, 0.2) is 0 Å². The molecule has 1 saturated carbocycles. The summed E-state index contributed by atoms with van der Waals surface area (Å²) < 4.78 is 0. The number of rotatable bonds is 7. The molecule has 0 aliphatic heterocycles. The molecule has 0 spiro atoms. The van der Waals surface area contributed by atoms with Gasteiger partial charge in [0.05, 0.1) is 6.10 Å². The highest BCUT2D eigenvalue weighted by Crippen LogP contribution is 2.28. The first-order valence-electron chi connectivity index (χ1n) is 6.61. The largest absolute Gasteiger partial charge is 0.392 e. The molecular weight excluding hydrogens is 186 g/mol. The molecule has 2 heteroatoms. The van der Waals surface area contributed by atoms with E-state index in [-0.39, 0.29) is 6.10 Å². The van der Waals surface area contributed by atoms with Crippen LogP contribution in [-0.2, 0) is 0 Å². The molecule has 2 atom stereocenters. The molecule has 0 heterocycles. The standard InChI is InChI=1S/C13H27NO/c1-3-11(2)9-14-10-13(15)8-12-6-4-5-7-12/h11-15H,3-10H2,1-2H3. The highest BCUT2D eigenvalue weighted by molar-refractivity contribution is 4.72. The van der Waals surface area contributed by atoms with Gasteiger partial charge in [0.1, 0.15) is 0 Å². The fourth-order valence-corrected chi connectivity index (χ4v) is 2.35. The highest BCUT2D eigenvalue weighted by atomic mass is 16.3. The Kier molecular flexibility index (Phi) is 6.26. The number of aliphatic hydroxyl groups excluding tert-OH is 1. The number of hydrogen-bond donors (Lipinski definition) is 2. The van der Waals surface area contributed by atoms with Crippen LogP contribution in [0.5, 0.6) is 0 Å². The van der Waals surface area contributed by atoms with Crippen molar-refractivity contribution in [1.29, 1.82) is 0 Å². The summed E-state index contributed by atoms with van der Waals surface area (Å²) in [7, 11) is 0. The van der Waals surface area contributed by atoms with Crippen molar-refractivity contribution in [1.82, 2.24) is 5.32 Å². The van der Waals surface area contributed by atoms with Crippen molar-refractivity contribution in [3.05, 3.63) is 0 Å². The quantitative estimate of drug-likeness (QED) is 0.681. The first-order chi connectivity index (χ1) is 7.22. The summed E-state index contributed by atoms with van der Waals surface area (Å²) in [6.45, 7) is 6.27. The van der Waals surface area contributed by atoms with Crippen LogP contribution in [0.25, 0.3) is 0 Å². The number of aliphatic hydroxyl groups is 1. The lowest BCUT2D eigenvalue weighted by Gasteiger charge is -2.17. The molecule has 0 aromatic carbocycles. The Balaban J connectivity index is 2.00. The van der Waals surface area contributed by atoms with Crippen molar-refractivity contribution in [3.63, 3.8) is 0 Å². The van der Waals surface area contributed by atoms with Crippen molar-refractivity contribution in [3.8, 4) is 0 Å². The first-order valence-corrected chi connectivity index (χ1v) is 6.61. The van der Waals surface area contributed by atoms with Crippen LogP contribution in [0.3, 0.4) is 0 Å². The minimum atomic E-state index is -0.128. The van der Waals surface area contributed by atoms with Crippen molar-refractivity contribution >= 4 is 0 Å². The minimum absolute atomic E-state index is 0.128. The Morgan fingerprint density at radius 2 is 1.93 bits per heavy atom. The molecule has 0 amide bonds. The van der Waals surface area contributed by atoms with E-state index in [2.05, 4.69) is 19.2 Å².